The minimum Gasteiger partial charge on any atom is -0.393 e. The van der Waals surface area contributed by atoms with Crippen molar-refractivity contribution >= 4 is 17.7 Å². The summed E-state index contributed by atoms with van der Waals surface area (Å²) in [6, 6.07) is 0. The van der Waals surface area contributed by atoms with E-state index in [1.165, 1.54) is 0 Å². The van der Waals surface area contributed by atoms with Crippen molar-refractivity contribution in [3.05, 3.63) is 12.2 Å². The molecule has 2 atom stereocenters. The first-order valence-electron chi connectivity index (χ1n) is 7.95. The summed E-state index contributed by atoms with van der Waals surface area (Å²) in [6.45, 7) is 3.65. The molecule has 2 unspecified atom stereocenters. The normalized spacial score (nSPS) is 20.0. The van der Waals surface area contributed by atoms with Crippen LogP contribution in [-0.2, 0) is 19.1 Å². The number of unbranched alkanes of at least 4 members (excludes halogenated alkanes) is 4. The summed E-state index contributed by atoms with van der Waals surface area (Å²) in [4.78, 5) is 33.4. The van der Waals surface area contributed by atoms with Crippen LogP contribution >= 0.6 is 0 Å². The molecule has 0 N–H and O–H groups in total. The molecule has 0 aromatic carbocycles. The second-order valence-electron chi connectivity index (χ2n) is 5.76. The molecular weight excluding hydrogens is 268 g/mol. The van der Waals surface area contributed by atoms with Crippen LogP contribution in [0.1, 0.15) is 65.2 Å². The van der Waals surface area contributed by atoms with Crippen LogP contribution in [0.5, 0.6) is 0 Å². The summed E-state index contributed by atoms with van der Waals surface area (Å²) >= 11 is 0. The first-order chi connectivity index (χ1) is 10.0. The Morgan fingerprint density at radius 2 is 2.00 bits per heavy atom. The van der Waals surface area contributed by atoms with E-state index in [0.29, 0.717) is 6.42 Å². The molecule has 118 valence electrons. The Morgan fingerprint density at radius 3 is 2.57 bits per heavy atom. The number of Topliss-reactive ketones (excluding diaryl/α,β-unsaturated/α-hetero) is 1. The summed E-state index contributed by atoms with van der Waals surface area (Å²) < 4.78 is 4.61. The number of cyclic esters (lactones) is 2. The third kappa shape index (κ3) is 6.69. The largest absolute Gasteiger partial charge is 0.393 e. The Hall–Kier alpha value is -1.45. The lowest BCUT2D eigenvalue weighted by atomic mass is 9.88. The number of rotatable bonds is 10. The fraction of sp³-hybridized carbons (Fsp3) is 0.706. The Morgan fingerprint density at radius 1 is 1.29 bits per heavy atom. The lowest BCUT2D eigenvalue weighted by Crippen LogP contribution is -2.17. The van der Waals surface area contributed by atoms with Gasteiger partial charge in [-0.1, -0.05) is 31.9 Å². The smallest absolute Gasteiger partial charge is 0.317 e. The second kappa shape index (κ2) is 9.48. The molecule has 0 spiro atoms. The Kier molecular flexibility index (Phi) is 7.95. The Balaban J connectivity index is 2.20. The molecule has 4 nitrogen and oxygen atoms in total. The van der Waals surface area contributed by atoms with Gasteiger partial charge in [-0.25, -0.2) is 0 Å². The maximum Gasteiger partial charge on any atom is 0.317 e. The van der Waals surface area contributed by atoms with Crippen LogP contribution in [0.25, 0.3) is 0 Å². The summed E-state index contributed by atoms with van der Waals surface area (Å²) in [7, 11) is 0. The van der Waals surface area contributed by atoms with Crippen molar-refractivity contribution in [2.24, 2.45) is 11.8 Å². The maximum absolute atomic E-state index is 11.5. The monoisotopic (exact) mass is 294 g/mol. The third-order valence-electron chi connectivity index (χ3n) is 3.92. The number of ether oxygens (including phenoxy) is 1. The van der Waals surface area contributed by atoms with Crippen LogP contribution < -0.4 is 0 Å². The van der Waals surface area contributed by atoms with E-state index in [9.17, 15) is 14.4 Å². The molecule has 1 aliphatic heterocycles. The lowest BCUT2D eigenvalue weighted by molar-refractivity contribution is -0.153. The van der Waals surface area contributed by atoms with Crippen molar-refractivity contribution in [3.8, 4) is 0 Å². The van der Waals surface area contributed by atoms with Crippen molar-refractivity contribution in [1.29, 1.82) is 0 Å². The Labute approximate surface area is 126 Å². The zero-order chi connectivity index (χ0) is 15.7. The molecular formula is C17H26O4. The first kappa shape index (κ1) is 17.6. The highest BCUT2D eigenvalue weighted by Crippen LogP contribution is 2.28. The van der Waals surface area contributed by atoms with Crippen molar-refractivity contribution in [1.82, 2.24) is 0 Å². The third-order valence-corrected chi connectivity index (χ3v) is 3.92. The van der Waals surface area contributed by atoms with Crippen molar-refractivity contribution in [2.45, 2.75) is 65.2 Å². The van der Waals surface area contributed by atoms with Crippen molar-refractivity contribution in [2.75, 3.05) is 0 Å². The highest BCUT2D eigenvalue weighted by molar-refractivity contribution is 5.94. The van der Waals surface area contributed by atoms with E-state index < -0.39 is 5.97 Å². The number of hydrogen-bond acceptors (Lipinski definition) is 4. The summed E-state index contributed by atoms with van der Waals surface area (Å²) in [5.74, 6) is -0.710. The SMILES string of the molecule is CCC(/C=C/CCCCCCC(C)=O)C1CC(=O)OC1=O. The summed E-state index contributed by atoms with van der Waals surface area (Å²) in [5, 5.41) is 0. The van der Waals surface area contributed by atoms with Crippen LogP contribution in [-0.4, -0.2) is 17.7 Å². The molecule has 1 saturated heterocycles. The van der Waals surface area contributed by atoms with Gasteiger partial charge in [-0.05, 0) is 38.5 Å². The molecule has 0 aromatic rings. The van der Waals surface area contributed by atoms with Gasteiger partial charge >= 0.3 is 11.9 Å². The molecule has 1 aliphatic rings. The average Bonchev–Trinajstić information content (AvgIpc) is 2.76. The van der Waals surface area contributed by atoms with Gasteiger partial charge in [0.1, 0.15) is 5.78 Å². The topological polar surface area (TPSA) is 60.4 Å². The van der Waals surface area contributed by atoms with Gasteiger partial charge < -0.3 is 9.53 Å². The van der Waals surface area contributed by atoms with E-state index in [0.717, 1.165) is 38.5 Å². The van der Waals surface area contributed by atoms with Gasteiger partial charge in [-0.2, -0.15) is 0 Å². The van der Waals surface area contributed by atoms with Crippen LogP contribution in [0.4, 0.5) is 0 Å². The number of allylic oxidation sites excluding steroid dienone is 2. The van der Waals surface area contributed by atoms with Gasteiger partial charge in [0.15, 0.2) is 0 Å². The molecule has 1 rings (SSSR count). The number of carbonyl (C=O) groups is 3. The van der Waals surface area contributed by atoms with E-state index in [4.69, 9.17) is 0 Å². The predicted molar refractivity (Wildman–Crippen MR) is 80.5 cm³/mol. The first-order valence-corrected chi connectivity index (χ1v) is 7.95. The molecule has 0 aliphatic carbocycles. The van der Waals surface area contributed by atoms with E-state index in [2.05, 4.69) is 16.9 Å². The van der Waals surface area contributed by atoms with Crippen molar-refractivity contribution < 1.29 is 19.1 Å². The number of ketones is 1. The minimum absolute atomic E-state index is 0.0988. The average molecular weight is 294 g/mol. The van der Waals surface area contributed by atoms with Crippen molar-refractivity contribution in [3.63, 3.8) is 0 Å². The van der Waals surface area contributed by atoms with Crippen LogP contribution in [0.15, 0.2) is 12.2 Å². The maximum atomic E-state index is 11.5. The van der Waals surface area contributed by atoms with Gasteiger partial charge in [-0.15, -0.1) is 0 Å². The van der Waals surface area contributed by atoms with E-state index >= 15 is 0 Å². The van der Waals surface area contributed by atoms with Gasteiger partial charge in [0.25, 0.3) is 0 Å². The molecule has 0 aromatic heterocycles. The highest BCUT2D eigenvalue weighted by atomic mass is 16.6. The molecule has 0 radical (unpaired) electrons. The van der Waals surface area contributed by atoms with Crippen LogP contribution in [0.2, 0.25) is 0 Å². The number of carbonyl (C=O) groups excluding carboxylic acids is 3. The Bertz CT molecular complexity index is 398. The zero-order valence-electron chi connectivity index (χ0n) is 13.1. The minimum atomic E-state index is -0.401. The quantitative estimate of drug-likeness (QED) is 0.267. The predicted octanol–water partition coefficient (Wildman–Crippen LogP) is 3.59. The van der Waals surface area contributed by atoms with Crippen LogP contribution in [0, 0.1) is 11.8 Å². The van der Waals surface area contributed by atoms with E-state index in [1.807, 2.05) is 6.92 Å². The fourth-order valence-electron chi connectivity index (χ4n) is 2.63. The van der Waals surface area contributed by atoms with Gasteiger partial charge in [0, 0.05) is 6.42 Å². The molecule has 1 heterocycles. The number of esters is 2. The molecule has 4 heteroatoms. The fourth-order valence-corrected chi connectivity index (χ4v) is 2.63. The number of hydrogen-bond donors (Lipinski definition) is 0. The molecule has 0 saturated carbocycles. The van der Waals surface area contributed by atoms with E-state index in [1.54, 1.807) is 6.92 Å². The summed E-state index contributed by atoms with van der Waals surface area (Å²) in [5.41, 5.74) is 0. The zero-order valence-corrected chi connectivity index (χ0v) is 13.1. The van der Waals surface area contributed by atoms with Crippen LogP contribution in [0.3, 0.4) is 0 Å². The van der Waals surface area contributed by atoms with Gasteiger partial charge in [0.05, 0.1) is 12.3 Å². The van der Waals surface area contributed by atoms with E-state index in [-0.39, 0.29) is 30.0 Å². The summed E-state index contributed by atoms with van der Waals surface area (Å²) in [6.07, 6.45) is 11.2. The lowest BCUT2D eigenvalue weighted by Gasteiger charge is -2.13. The van der Waals surface area contributed by atoms with Gasteiger partial charge in [-0.3, -0.25) is 9.59 Å². The van der Waals surface area contributed by atoms with Gasteiger partial charge in [0.2, 0.25) is 0 Å². The standard InChI is InChI=1S/C17H26O4/c1-3-14(15-12-16(19)21-17(15)20)11-9-7-5-4-6-8-10-13(2)18/h9,11,14-15H,3-8,10,12H2,1-2H3/b11-9+. The molecule has 21 heavy (non-hydrogen) atoms. The molecule has 0 amide bonds. The highest BCUT2D eigenvalue weighted by Gasteiger charge is 2.37. The second-order valence-corrected chi connectivity index (χ2v) is 5.76. The molecule has 1 fully saturated rings. The molecule has 0 bridgehead atoms.